The van der Waals surface area contributed by atoms with Crippen molar-refractivity contribution >= 4 is 5.97 Å². The van der Waals surface area contributed by atoms with Gasteiger partial charge in [0.25, 0.3) is 0 Å². The fraction of sp³-hybridized carbons (Fsp3) is 0. The van der Waals surface area contributed by atoms with Gasteiger partial charge < -0.3 is 5.11 Å². The first-order valence-electron chi connectivity index (χ1n) is 4.76. The van der Waals surface area contributed by atoms with Gasteiger partial charge in [0.05, 0.1) is 17.2 Å². The average Bonchev–Trinajstić information content (AvgIpc) is 2.39. The zero-order valence-electron chi connectivity index (χ0n) is 8.66. The quantitative estimate of drug-likeness (QED) is 0.840. The van der Waals surface area contributed by atoms with Gasteiger partial charge in [-0.05, 0) is 12.1 Å². The van der Waals surface area contributed by atoms with Crippen LogP contribution in [-0.4, -0.2) is 21.0 Å². The summed E-state index contributed by atoms with van der Waals surface area (Å²) >= 11 is 0. The first kappa shape index (κ1) is 10.8. The molecule has 0 fully saturated rings. The van der Waals surface area contributed by atoms with Crippen LogP contribution in [0.5, 0.6) is 0 Å². The Morgan fingerprint density at radius 1 is 1.29 bits per heavy atom. The van der Waals surface area contributed by atoms with Gasteiger partial charge in [0.15, 0.2) is 5.82 Å². The number of hydrogen-bond donors (Lipinski definition) is 1. The smallest absolute Gasteiger partial charge is 0.338 e. The van der Waals surface area contributed by atoms with Crippen LogP contribution in [0.1, 0.15) is 15.9 Å². The second kappa shape index (κ2) is 4.41. The third-order valence-corrected chi connectivity index (χ3v) is 2.15. The van der Waals surface area contributed by atoms with Crippen molar-refractivity contribution in [1.29, 1.82) is 5.26 Å². The van der Waals surface area contributed by atoms with E-state index in [4.69, 9.17) is 10.4 Å². The number of nitrogens with zero attached hydrogens (tertiary/aromatic N) is 3. The minimum absolute atomic E-state index is 0.0326. The van der Waals surface area contributed by atoms with E-state index in [1.54, 1.807) is 24.3 Å². The second-order valence-corrected chi connectivity index (χ2v) is 3.29. The van der Waals surface area contributed by atoms with Crippen LogP contribution < -0.4 is 0 Å². The predicted molar refractivity (Wildman–Crippen MR) is 59.1 cm³/mol. The summed E-state index contributed by atoms with van der Waals surface area (Å²) in [6.45, 7) is 0. The van der Waals surface area contributed by atoms with Crippen LogP contribution >= 0.6 is 0 Å². The van der Waals surface area contributed by atoms with Crippen LogP contribution in [0, 0.1) is 11.3 Å². The molecule has 82 valence electrons. The van der Waals surface area contributed by atoms with Crippen molar-refractivity contribution < 1.29 is 9.90 Å². The zero-order valence-corrected chi connectivity index (χ0v) is 8.66. The first-order chi connectivity index (χ1) is 8.20. The van der Waals surface area contributed by atoms with Crippen LogP contribution in [0.25, 0.3) is 11.4 Å². The van der Waals surface area contributed by atoms with Crippen molar-refractivity contribution in [2.45, 2.75) is 0 Å². The summed E-state index contributed by atoms with van der Waals surface area (Å²) in [7, 11) is 0. The van der Waals surface area contributed by atoms with E-state index in [-0.39, 0.29) is 5.56 Å². The van der Waals surface area contributed by atoms with E-state index in [2.05, 4.69) is 9.97 Å². The van der Waals surface area contributed by atoms with Gasteiger partial charge in [-0.1, -0.05) is 12.1 Å². The fourth-order valence-electron chi connectivity index (χ4n) is 1.32. The maximum absolute atomic E-state index is 10.6. The maximum atomic E-state index is 10.6. The molecule has 0 radical (unpaired) electrons. The molecule has 0 aliphatic heterocycles. The highest BCUT2D eigenvalue weighted by atomic mass is 16.4. The van der Waals surface area contributed by atoms with Crippen LogP contribution in [0.3, 0.4) is 0 Å². The SMILES string of the molecule is N#Cc1cccc(-c2ncc(C(=O)O)cn2)c1. The lowest BCUT2D eigenvalue weighted by atomic mass is 10.1. The topological polar surface area (TPSA) is 86.9 Å². The molecule has 0 unspecified atom stereocenters. The molecule has 0 aliphatic carbocycles. The largest absolute Gasteiger partial charge is 0.478 e. The van der Waals surface area contributed by atoms with E-state index in [0.29, 0.717) is 17.0 Å². The number of aromatic carboxylic acids is 1. The number of carboxylic acids is 1. The summed E-state index contributed by atoms with van der Waals surface area (Å²) in [5, 5.41) is 17.5. The van der Waals surface area contributed by atoms with Gasteiger partial charge >= 0.3 is 5.97 Å². The molecular formula is C12H7N3O2. The molecule has 5 nitrogen and oxygen atoms in total. The minimum atomic E-state index is -1.07. The second-order valence-electron chi connectivity index (χ2n) is 3.29. The Balaban J connectivity index is 2.40. The lowest BCUT2D eigenvalue weighted by Gasteiger charge is -2.00. The lowest BCUT2D eigenvalue weighted by Crippen LogP contribution is -1.99. The van der Waals surface area contributed by atoms with E-state index < -0.39 is 5.97 Å². The van der Waals surface area contributed by atoms with E-state index in [0.717, 1.165) is 0 Å². The monoisotopic (exact) mass is 225 g/mol. The molecule has 17 heavy (non-hydrogen) atoms. The Labute approximate surface area is 97.0 Å². The molecule has 0 spiro atoms. The van der Waals surface area contributed by atoms with Gasteiger partial charge in [0.1, 0.15) is 0 Å². The fourth-order valence-corrected chi connectivity index (χ4v) is 1.32. The van der Waals surface area contributed by atoms with Crippen molar-refractivity contribution in [3.05, 3.63) is 47.8 Å². The number of carbonyl (C=O) groups is 1. The number of hydrogen-bond acceptors (Lipinski definition) is 4. The Hall–Kier alpha value is -2.74. The third kappa shape index (κ3) is 2.26. The van der Waals surface area contributed by atoms with Crippen LogP contribution in [0.4, 0.5) is 0 Å². The molecule has 0 amide bonds. The number of benzene rings is 1. The molecule has 0 saturated carbocycles. The Bertz CT molecular complexity index is 600. The summed E-state index contributed by atoms with van der Waals surface area (Å²) in [5.74, 6) is -0.672. The van der Waals surface area contributed by atoms with Crippen LogP contribution in [0.2, 0.25) is 0 Å². The number of rotatable bonds is 2. The molecule has 5 heteroatoms. The Morgan fingerprint density at radius 3 is 2.59 bits per heavy atom. The molecule has 1 heterocycles. The molecule has 1 aromatic carbocycles. The van der Waals surface area contributed by atoms with Gasteiger partial charge in [-0.2, -0.15) is 5.26 Å². The molecule has 2 rings (SSSR count). The van der Waals surface area contributed by atoms with Gasteiger partial charge in [0, 0.05) is 18.0 Å². The van der Waals surface area contributed by atoms with Crippen molar-refractivity contribution in [2.24, 2.45) is 0 Å². The number of nitriles is 1. The van der Waals surface area contributed by atoms with Gasteiger partial charge in [-0.3, -0.25) is 0 Å². The summed E-state index contributed by atoms with van der Waals surface area (Å²) in [6, 6.07) is 8.83. The predicted octanol–water partition coefficient (Wildman–Crippen LogP) is 1.71. The third-order valence-electron chi connectivity index (χ3n) is 2.15. The number of aromatic nitrogens is 2. The van der Waals surface area contributed by atoms with Crippen molar-refractivity contribution in [1.82, 2.24) is 9.97 Å². The molecule has 1 aromatic heterocycles. The minimum Gasteiger partial charge on any atom is -0.478 e. The van der Waals surface area contributed by atoms with E-state index >= 15 is 0 Å². The average molecular weight is 225 g/mol. The number of carboxylic acid groups (broad SMARTS) is 1. The van der Waals surface area contributed by atoms with Gasteiger partial charge in [0.2, 0.25) is 0 Å². The van der Waals surface area contributed by atoms with Crippen LogP contribution in [0.15, 0.2) is 36.7 Å². The molecule has 1 N–H and O–H groups in total. The maximum Gasteiger partial charge on any atom is 0.338 e. The Morgan fingerprint density at radius 2 is 2.00 bits per heavy atom. The van der Waals surface area contributed by atoms with Crippen LogP contribution in [-0.2, 0) is 0 Å². The highest BCUT2D eigenvalue weighted by molar-refractivity contribution is 5.86. The molecule has 0 atom stereocenters. The standard InChI is InChI=1S/C12H7N3O2/c13-5-8-2-1-3-9(4-8)11-14-6-10(7-15-11)12(16)17/h1-4,6-7H,(H,16,17). The van der Waals surface area contributed by atoms with E-state index in [1.807, 2.05) is 6.07 Å². The Kier molecular flexibility index (Phi) is 2.79. The normalized spacial score (nSPS) is 9.59. The molecule has 0 saturated heterocycles. The summed E-state index contributed by atoms with van der Waals surface area (Å²) in [4.78, 5) is 18.5. The molecular weight excluding hydrogens is 218 g/mol. The molecule has 2 aromatic rings. The lowest BCUT2D eigenvalue weighted by molar-refractivity contribution is 0.0696. The molecule has 0 bridgehead atoms. The first-order valence-corrected chi connectivity index (χ1v) is 4.76. The summed E-state index contributed by atoms with van der Waals surface area (Å²) in [6.07, 6.45) is 2.48. The summed E-state index contributed by atoms with van der Waals surface area (Å²) < 4.78 is 0. The van der Waals surface area contributed by atoms with E-state index in [9.17, 15) is 4.79 Å². The van der Waals surface area contributed by atoms with Crippen molar-refractivity contribution in [3.8, 4) is 17.5 Å². The van der Waals surface area contributed by atoms with E-state index in [1.165, 1.54) is 12.4 Å². The highest BCUT2D eigenvalue weighted by Crippen LogP contribution is 2.15. The highest BCUT2D eigenvalue weighted by Gasteiger charge is 2.06. The van der Waals surface area contributed by atoms with Crippen molar-refractivity contribution in [3.63, 3.8) is 0 Å². The van der Waals surface area contributed by atoms with Crippen molar-refractivity contribution in [2.75, 3.05) is 0 Å². The van der Waals surface area contributed by atoms with Gasteiger partial charge in [-0.25, -0.2) is 14.8 Å². The summed E-state index contributed by atoms with van der Waals surface area (Å²) in [5.41, 5.74) is 1.22. The van der Waals surface area contributed by atoms with Gasteiger partial charge in [-0.15, -0.1) is 0 Å². The molecule has 0 aliphatic rings. The zero-order chi connectivity index (χ0) is 12.3.